The first-order valence-corrected chi connectivity index (χ1v) is 30.2. The Labute approximate surface area is 435 Å². The van der Waals surface area contributed by atoms with Gasteiger partial charge in [-0.3, -0.25) is 4.79 Å². The molecule has 1 aliphatic rings. The van der Waals surface area contributed by atoms with Crippen LogP contribution in [-0.4, -0.2) is 110 Å². The fourth-order valence-corrected chi connectivity index (χ4v) is 9.81. The Morgan fingerprint density at radius 1 is 0.479 bits per heavy atom. The van der Waals surface area contributed by atoms with Crippen molar-refractivity contribution in [1.29, 1.82) is 0 Å². The summed E-state index contributed by atoms with van der Waals surface area (Å²) < 4.78 is 11.1. The molecule has 0 bridgehead atoms. The largest absolute Gasteiger partial charge is 0.394 e. The molecule has 0 aliphatic carbocycles. The second-order valence-corrected chi connectivity index (χ2v) is 21.4. The zero-order valence-corrected chi connectivity index (χ0v) is 46.0. The minimum atomic E-state index is -1.67. The molecule has 420 valence electrons. The van der Waals surface area contributed by atoms with Gasteiger partial charge >= 0.3 is 0 Å². The molecule has 0 radical (unpaired) electrons. The standard InChI is InChI=1S/C60H115NO10/c1-3-5-7-9-11-13-15-17-19-21-23-25-26-27-28-30-32-34-36-38-40-42-44-46-48-53(64)59(69)61-51(50-70-60-58(68)57(67)56(66)54(49-62)71-60)55(65)52(63)47-45-43-41-39-37-35-33-31-29-24-22-20-18-16-14-12-10-8-6-4-2/h31,33,39,41,51-58,60,62-68H,3-30,32,34-38,40,42-50H2,1-2H3,(H,61,69)/b33-31+,41-39+. The van der Waals surface area contributed by atoms with Crippen LogP contribution in [0.5, 0.6) is 0 Å². The molecule has 0 aromatic heterocycles. The van der Waals surface area contributed by atoms with E-state index < -0.39 is 74.2 Å². The maximum atomic E-state index is 13.2. The van der Waals surface area contributed by atoms with Gasteiger partial charge in [0.1, 0.15) is 36.6 Å². The molecule has 71 heavy (non-hydrogen) atoms. The number of nitrogens with one attached hydrogen (secondary N) is 1. The van der Waals surface area contributed by atoms with Gasteiger partial charge < -0.3 is 50.5 Å². The fourth-order valence-electron chi connectivity index (χ4n) is 9.81. The third kappa shape index (κ3) is 37.9. The highest BCUT2D eigenvalue weighted by Crippen LogP contribution is 2.23. The number of amides is 1. The van der Waals surface area contributed by atoms with Crippen molar-refractivity contribution in [1.82, 2.24) is 5.32 Å². The molecule has 1 saturated heterocycles. The maximum Gasteiger partial charge on any atom is 0.249 e. The van der Waals surface area contributed by atoms with Crippen LogP contribution in [-0.2, 0) is 14.3 Å². The zero-order valence-electron chi connectivity index (χ0n) is 46.0. The number of allylic oxidation sites excluding steroid dienone is 4. The van der Waals surface area contributed by atoms with Crippen molar-refractivity contribution in [3.05, 3.63) is 24.3 Å². The summed E-state index contributed by atoms with van der Waals surface area (Å²) in [6.45, 7) is 3.47. The smallest absolute Gasteiger partial charge is 0.249 e. The normalized spacial score (nSPS) is 20.3. The zero-order chi connectivity index (χ0) is 51.8. The van der Waals surface area contributed by atoms with Crippen LogP contribution in [0.15, 0.2) is 24.3 Å². The van der Waals surface area contributed by atoms with Crippen LogP contribution in [0.1, 0.15) is 284 Å². The first-order valence-electron chi connectivity index (χ1n) is 30.2. The average molecular weight is 1010 g/mol. The van der Waals surface area contributed by atoms with Crippen molar-refractivity contribution >= 4 is 5.91 Å². The topological polar surface area (TPSA) is 189 Å². The lowest BCUT2D eigenvalue weighted by atomic mass is 9.98. The lowest BCUT2D eigenvalue weighted by Gasteiger charge is -2.40. The second-order valence-electron chi connectivity index (χ2n) is 21.4. The van der Waals surface area contributed by atoms with Crippen molar-refractivity contribution in [2.24, 2.45) is 0 Å². The predicted octanol–water partition coefficient (Wildman–Crippen LogP) is 12.9. The number of unbranched alkanes of at least 4 members (excludes halogenated alkanes) is 36. The van der Waals surface area contributed by atoms with E-state index in [9.17, 15) is 40.5 Å². The molecule has 0 saturated carbocycles. The number of aliphatic hydroxyl groups is 7. The van der Waals surface area contributed by atoms with Crippen LogP contribution >= 0.6 is 0 Å². The summed E-state index contributed by atoms with van der Waals surface area (Å²) >= 11 is 0. The van der Waals surface area contributed by atoms with Crippen LogP contribution in [0.25, 0.3) is 0 Å². The van der Waals surface area contributed by atoms with Crippen LogP contribution < -0.4 is 5.32 Å². The Morgan fingerprint density at radius 2 is 0.845 bits per heavy atom. The van der Waals surface area contributed by atoms with Crippen molar-refractivity contribution < 1.29 is 50.0 Å². The van der Waals surface area contributed by atoms with E-state index in [4.69, 9.17) is 9.47 Å². The van der Waals surface area contributed by atoms with Crippen molar-refractivity contribution in [3.63, 3.8) is 0 Å². The summed E-state index contributed by atoms with van der Waals surface area (Å²) in [5.41, 5.74) is 0. The van der Waals surface area contributed by atoms with Gasteiger partial charge in [0.2, 0.25) is 5.91 Å². The summed E-state index contributed by atoms with van der Waals surface area (Å²) in [6, 6.07) is -1.19. The van der Waals surface area contributed by atoms with E-state index in [1.165, 1.54) is 199 Å². The number of ether oxygens (including phenoxy) is 2. The number of hydrogen-bond acceptors (Lipinski definition) is 10. The SMILES string of the molecule is CCCCCCCCCCCCC/C=C/CC/C=C/CCCC(O)C(O)C(COC1OC(CO)C(O)C(O)C1O)NC(=O)C(O)CCCCCCCCCCCCCCCCCCCCCCCCCC. The van der Waals surface area contributed by atoms with Crippen molar-refractivity contribution in [3.8, 4) is 0 Å². The molecule has 11 nitrogen and oxygen atoms in total. The van der Waals surface area contributed by atoms with E-state index in [-0.39, 0.29) is 12.8 Å². The first kappa shape index (κ1) is 67.6. The van der Waals surface area contributed by atoms with Gasteiger partial charge in [-0.1, -0.05) is 256 Å². The van der Waals surface area contributed by atoms with Gasteiger partial charge in [-0.2, -0.15) is 0 Å². The molecule has 9 unspecified atom stereocenters. The molecule has 1 aliphatic heterocycles. The number of carbonyl (C=O) groups excluding carboxylic acids is 1. The summed E-state index contributed by atoms with van der Waals surface area (Å²) in [4.78, 5) is 13.2. The Hall–Kier alpha value is -1.41. The van der Waals surface area contributed by atoms with Gasteiger partial charge in [0.15, 0.2) is 6.29 Å². The number of hydrogen-bond donors (Lipinski definition) is 8. The van der Waals surface area contributed by atoms with E-state index in [0.29, 0.717) is 19.3 Å². The quantitative estimate of drug-likeness (QED) is 0.0215. The average Bonchev–Trinajstić information content (AvgIpc) is 3.37. The Morgan fingerprint density at radius 3 is 1.25 bits per heavy atom. The summed E-state index contributed by atoms with van der Waals surface area (Å²) in [5, 5.41) is 76.2. The molecule has 1 fully saturated rings. The molecule has 1 rings (SSSR count). The molecule has 0 aromatic rings. The molecule has 9 atom stereocenters. The molecule has 1 heterocycles. The third-order valence-electron chi connectivity index (χ3n) is 14.7. The van der Waals surface area contributed by atoms with Gasteiger partial charge in [0, 0.05) is 0 Å². The van der Waals surface area contributed by atoms with Crippen molar-refractivity contribution in [2.75, 3.05) is 13.2 Å². The van der Waals surface area contributed by atoms with Gasteiger partial charge in [-0.25, -0.2) is 0 Å². The predicted molar refractivity (Wildman–Crippen MR) is 293 cm³/mol. The monoisotopic (exact) mass is 1010 g/mol. The molecule has 11 heteroatoms. The third-order valence-corrected chi connectivity index (χ3v) is 14.7. The summed E-state index contributed by atoms with van der Waals surface area (Å²) in [6.07, 6.45) is 48.1. The second kappa shape index (κ2) is 49.5. The molecule has 1 amide bonds. The van der Waals surface area contributed by atoms with E-state index >= 15 is 0 Å². The van der Waals surface area contributed by atoms with Crippen LogP contribution in [0.2, 0.25) is 0 Å². The Kier molecular flexibility index (Phi) is 47.1. The Balaban J connectivity index is 2.31. The van der Waals surface area contributed by atoms with Crippen LogP contribution in [0.4, 0.5) is 0 Å². The number of rotatable bonds is 52. The summed E-state index contributed by atoms with van der Waals surface area (Å²) in [5.74, 6) is -0.705. The molecule has 0 aromatic carbocycles. The molecular weight excluding hydrogens is 895 g/mol. The van der Waals surface area contributed by atoms with Crippen LogP contribution in [0, 0.1) is 0 Å². The fraction of sp³-hybridized carbons (Fsp3) is 0.917. The van der Waals surface area contributed by atoms with E-state index in [1.807, 2.05) is 0 Å². The van der Waals surface area contributed by atoms with E-state index in [2.05, 4.69) is 43.5 Å². The van der Waals surface area contributed by atoms with E-state index in [0.717, 1.165) is 38.5 Å². The van der Waals surface area contributed by atoms with Crippen molar-refractivity contribution in [2.45, 2.75) is 339 Å². The van der Waals surface area contributed by atoms with Gasteiger partial charge in [-0.15, -0.1) is 0 Å². The summed E-state index contributed by atoms with van der Waals surface area (Å²) in [7, 11) is 0. The highest BCUT2D eigenvalue weighted by atomic mass is 16.7. The maximum absolute atomic E-state index is 13.2. The Bertz CT molecular complexity index is 1200. The lowest BCUT2D eigenvalue weighted by molar-refractivity contribution is -0.303. The number of carbonyl (C=O) groups is 1. The highest BCUT2D eigenvalue weighted by Gasteiger charge is 2.44. The number of aliphatic hydroxyl groups excluding tert-OH is 7. The van der Waals surface area contributed by atoms with Crippen LogP contribution in [0.3, 0.4) is 0 Å². The molecule has 8 N–H and O–H groups in total. The minimum Gasteiger partial charge on any atom is -0.394 e. The first-order chi connectivity index (χ1) is 34.7. The van der Waals surface area contributed by atoms with Gasteiger partial charge in [-0.05, 0) is 51.4 Å². The lowest BCUT2D eigenvalue weighted by Crippen LogP contribution is -2.60. The minimum absolute atomic E-state index is 0.249. The van der Waals surface area contributed by atoms with E-state index in [1.54, 1.807) is 0 Å². The molecular formula is C60H115NO10. The molecule has 0 spiro atoms. The van der Waals surface area contributed by atoms with Gasteiger partial charge in [0.05, 0.1) is 25.4 Å². The highest BCUT2D eigenvalue weighted by molar-refractivity contribution is 5.80. The van der Waals surface area contributed by atoms with Gasteiger partial charge in [0.25, 0.3) is 0 Å².